The van der Waals surface area contributed by atoms with Gasteiger partial charge in [-0.25, -0.2) is 0 Å². The molecule has 2 heterocycles. The zero-order valence-electron chi connectivity index (χ0n) is 9.85. The Bertz CT molecular complexity index is 561. The number of ether oxygens (including phenoxy) is 1. The van der Waals surface area contributed by atoms with E-state index in [0.717, 1.165) is 5.52 Å². The van der Waals surface area contributed by atoms with Gasteiger partial charge in [-0.15, -0.1) is 0 Å². The molecule has 0 radical (unpaired) electrons. The van der Waals surface area contributed by atoms with Crippen molar-refractivity contribution < 1.29 is 14.3 Å². The van der Waals surface area contributed by atoms with Crippen molar-refractivity contribution >= 4 is 22.8 Å². The van der Waals surface area contributed by atoms with E-state index >= 15 is 0 Å². The Morgan fingerprint density at radius 2 is 2.39 bits per heavy atom. The lowest BCUT2D eigenvalue weighted by molar-refractivity contribution is 0.0378. The fourth-order valence-corrected chi connectivity index (χ4v) is 1.99. The van der Waals surface area contributed by atoms with E-state index in [2.05, 4.69) is 10.3 Å². The Kier molecular flexibility index (Phi) is 2.61. The van der Waals surface area contributed by atoms with Gasteiger partial charge in [0.05, 0.1) is 13.2 Å². The molecule has 1 saturated heterocycles. The molecule has 1 aromatic heterocycles. The number of hydrogen-bond donors (Lipinski definition) is 3. The predicted molar refractivity (Wildman–Crippen MR) is 67.3 cm³/mol. The van der Waals surface area contributed by atoms with E-state index in [1.165, 1.54) is 0 Å². The highest BCUT2D eigenvalue weighted by Gasteiger charge is 2.32. The van der Waals surface area contributed by atoms with Gasteiger partial charge in [0, 0.05) is 24.8 Å². The van der Waals surface area contributed by atoms with Gasteiger partial charge in [0.2, 0.25) is 0 Å². The molecule has 96 valence electrons. The summed E-state index contributed by atoms with van der Waals surface area (Å²) in [6, 6.07) is 5.68. The van der Waals surface area contributed by atoms with Gasteiger partial charge in [0.25, 0.3) is 6.01 Å². The maximum atomic E-state index is 10.1. The van der Waals surface area contributed by atoms with Gasteiger partial charge in [0.15, 0.2) is 5.58 Å². The zero-order valence-corrected chi connectivity index (χ0v) is 9.85. The maximum absolute atomic E-state index is 10.1. The topological polar surface area (TPSA) is 93.5 Å². The number of benzene rings is 1. The summed E-state index contributed by atoms with van der Waals surface area (Å²) in [5.41, 5.74) is 6.83. The summed E-state index contributed by atoms with van der Waals surface area (Å²) in [5, 5.41) is 13.1. The number of nitrogen functional groups attached to an aromatic ring is 1. The number of aliphatic hydroxyl groups is 1. The highest BCUT2D eigenvalue weighted by molar-refractivity contribution is 5.78. The highest BCUT2D eigenvalue weighted by Crippen LogP contribution is 2.23. The largest absolute Gasteiger partial charge is 0.423 e. The second kappa shape index (κ2) is 4.15. The smallest absolute Gasteiger partial charge is 0.295 e. The average Bonchev–Trinajstić information content (AvgIpc) is 2.93. The lowest BCUT2D eigenvalue weighted by atomic mass is 10.0. The second-order valence-corrected chi connectivity index (χ2v) is 4.63. The number of anilines is 2. The molecule has 1 fully saturated rings. The summed E-state index contributed by atoms with van der Waals surface area (Å²) < 4.78 is 10.7. The third-order valence-corrected chi connectivity index (χ3v) is 3.06. The Balaban J connectivity index is 1.74. The standard InChI is InChI=1S/C12H15N3O3/c13-8-1-2-9-10(5-8)18-11(15-9)14-6-12(16)3-4-17-7-12/h1-2,5,16H,3-4,6-7,13H2,(H,14,15). The molecule has 18 heavy (non-hydrogen) atoms. The summed E-state index contributed by atoms with van der Waals surface area (Å²) in [7, 11) is 0. The van der Waals surface area contributed by atoms with Crippen molar-refractivity contribution in [3.05, 3.63) is 18.2 Å². The molecule has 2 aromatic rings. The van der Waals surface area contributed by atoms with Gasteiger partial charge in [-0.2, -0.15) is 4.98 Å². The molecule has 0 aliphatic carbocycles. The van der Waals surface area contributed by atoms with E-state index < -0.39 is 5.60 Å². The summed E-state index contributed by atoms with van der Waals surface area (Å²) in [6.45, 7) is 1.28. The van der Waals surface area contributed by atoms with Crippen LogP contribution in [0.4, 0.5) is 11.7 Å². The van der Waals surface area contributed by atoms with Crippen LogP contribution < -0.4 is 11.1 Å². The van der Waals surface area contributed by atoms with Gasteiger partial charge >= 0.3 is 0 Å². The third kappa shape index (κ3) is 2.12. The summed E-state index contributed by atoms with van der Waals surface area (Å²) >= 11 is 0. The van der Waals surface area contributed by atoms with E-state index in [9.17, 15) is 5.11 Å². The van der Waals surface area contributed by atoms with Crippen molar-refractivity contribution in [3.63, 3.8) is 0 Å². The first-order valence-corrected chi connectivity index (χ1v) is 5.85. The van der Waals surface area contributed by atoms with Crippen LogP contribution >= 0.6 is 0 Å². The molecule has 6 nitrogen and oxygen atoms in total. The molecule has 6 heteroatoms. The third-order valence-electron chi connectivity index (χ3n) is 3.06. The Hall–Kier alpha value is -1.79. The van der Waals surface area contributed by atoms with Crippen molar-refractivity contribution in [3.8, 4) is 0 Å². The number of nitrogens with one attached hydrogen (secondary N) is 1. The molecule has 0 amide bonds. The quantitative estimate of drug-likeness (QED) is 0.702. The van der Waals surface area contributed by atoms with Crippen LogP contribution in [0.25, 0.3) is 11.1 Å². The summed E-state index contributed by atoms with van der Waals surface area (Å²) in [4.78, 5) is 4.26. The minimum absolute atomic E-state index is 0.340. The Morgan fingerprint density at radius 3 is 3.17 bits per heavy atom. The number of oxazole rings is 1. The number of rotatable bonds is 3. The Morgan fingerprint density at radius 1 is 1.50 bits per heavy atom. The molecule has 0 bridgehead atoms. The zero-order chi connectivity index (χ0) is 12.6. The van der Waals surface area contributed by atoms with Gasteiger partial charge in [0.1, 0.15) is 11.1 Å². The minimum Gasteiger partial charge on any atom is -0.423 e. The number of nitrogens with two attached hydrogens (primary N) is 1. The molecule has 1 aromatic carbocycles. The van der Waals surface area contributed by atoms with E-state index in [-0.39, 0.29) is 0 Å². The van der Waals surface area contributed by atoms with Crippen molar-refractivity contribution in [2.24, 2.45) is 0 Å². The van der Waals surface area contributed by atoms with Crippen LogP contribution in [0, 0.1) is 0 Å². The average molecular weight is 249 g/mol. The molecule has 1 unspecified atom stereocenters. The van der Waals surface area contributed by atoms with E-state index in [1.54, 1.807) is 18.2 Å². The predicted octanol–water partition coefficient (Wildman–Crippen LogP) is 0.973. The van der Waals surface area contributed by atoms with E-state index in [4.69, 9.17) is 14.9 Å². The first-order chi connectivity index (χ1) is 8.65. The van der Waals surface area contributed by atoms with Gasteiger partial charge in [-0.1, -0.05) is 0 Å². The Labute approximate surface area is 104 Å². The second-order valence-electron chi connectivity index (χ2n) is 4.63. The number of nitrogens with zero attached hydrogens (tertiary/aromatic N) is 1. The molecule has 1 atom stereocenters. The summed E-state index contributed by atoms with van der Waals surface area (Å²) in [6.07, 6.45) is 0.618. The van der Waals surface area contributed by atoms with Crippen LogP contribution in [0.5, 0.6) is 0 Å². The monoisotopic (exact) mass is 249 g/mol. The SMILES string of the molecule is Nc1ccc2nc(NCC3(O)CCOC3)oc2c1. The van der Waals surface area contributed by atoms with Crippen molar-refractivity contribution in [1.29, 1.82) is 0 Å². The fraction of sp³-hybridized carbons (Fsp3) is 0.417. The molecule has 1 aliphatic rings. The first-order valence-electron chi connectivity index (χ1n) is 5.85. The molecule has 0 saturated carbocycles. The molecule has 3 rings (SSSR count). The van der Waals surface area contributed by atoms with Crippen LogP contribution in [-0.2, 0) is 4.74 Å². The van der Waals surface area contributed by atoms with Crippen LogP contribution in [0.1, 0.15) is 6.42 Å². The van der Waals surface area contributed by atoms with Crippen LogP contribution in [-0.4, -0.2) is 35.5 Å². The number of aromatic nitrogens is 1. The maximum Gasteiger partial charge on any atom is 0.295 e. The summed E-state index contributed by atoms with van der Waals surface area (Å²) in [5.74, 6) is 0. The molecule has 1 aliphatic heterocycles. The van der Waals surface area contributed by atoms with Crippen molar-refractivity contribution in [2.45, 2.75) is 12.0 Å². The van der Waals surface area contributed by atoms with Crippen LogP contribution in [0.15, 0.2) is 22.6 Å². The molecule has 4 N–H and O–H groups in total. The van der Waals surface area contributed by atoms with Crippen molar-refractivity contribution in [1.82, 2.24) is 4.98 Å². The van der Waals surface area contributed by atoms with E-state index in [1.807, 2.05) is 0 Å². The van der Waals surface area contributed by atoms with Crippen LogP contribution in [0.2, 0.25) is 0 Å². The van der Waals surface area contributed by atoms with E-state index in [0.29, 0.717) is 43.5 Å². The van der Waals surface area contributed by atoms with Gasteiger partial charge in [-0.05, 0) is 12.1 Å². The first kappa shape index (κ1) is 11.3. The number of fused-ring (bicyclic) bond motifs is 1. The normalized spacial score (nSPS) is 23.6. The molecule has 0 spiro atoms. The lowest BCUT2D eigenvalue weighted by Crippen LogP contribution is -2.37. The number of hydrogen-bond acceptors (Lipinski definition) is 6. The van der Waals surface area contributed by atoms with Crippen LogP contribution in [0.3, 0.4) is 0 Å². The van der Waals surface area contributed by atoms with Gasteiger partial charge < -0.3 is 25.3 Å². The molecular weight excluding hydrogens is 234 g/mol. The fourth-order valence-electron chi connectivity index (χ4n) is 1.99. The van der Waals surface area contributed by atoms with Gasteiger partial charge in [-0.3, -0.25) is 0 Å². The highest BCUT2D eigenvalue weighted by atomic mass is 16.5. The molecular formula is C12H15N3O3. The minimum atomic E-state index is -0.834. The van der Waals surface area contributed by atoms with Crippen molar-refractivity contribution in [2.75, 3.05) is 30.8 Å². The lowest BCUT2D eigenvalue weighted by Gasteiger charge is -2.19.